The largest absolute Gasteiger partial charge is 0.497 e. The molecule has 0 saturated heterocycles. The van der Waals surface area contributed by atoms with Crippen LogP contribution in [0.3, 0.4) is 0 Å². The van der Waals surface area contributed by atoms with Gasteiger partial charge in [-0.15, -0.1) is 0 Å². The highest BCUT2D eigenvalue weighted by molar-refractivity contribution is 6.36. The Labute approximate surface area is 192 Å². The van der Waals surface area contributed by atoms with Crippen LogP contribution in [0.5, 0.6) is 5.75 Å². The number of anilines is 1. The molecule has 3 aromatic carbocycles. The molecule has 0 atom stereocenters. The van der Waals surface area contributed by atoms with Crippen molar-refractivity contribution in [3.63, 3.8) is 0 Å². The van der Waals surface area contributed by atoms with E-state index in [4.69, 9.17) is 16.3 Å². The molecule has 0 aromatic heterocycles. The van der Waals surface area contributed by atoms with E-state index in [1.54, 1.807) is 19.2 Å². The van der Waals surface area contributed by atoms with Crippen LogP contribution >= 0.6 is 11.6 Å². The summed E-state index contributed by atoms with van der Waals surface area (Å²) in [5, 5.41) is 3.73. The van der Waals surface area contributed by atoms with Gasteiger partial charge in [-0.25, -0.2) is 0 Å². The molecule has 0 bridgehead atoms. The van der Waals surface area contributed by atoms with Gasteiger partial charge in [0.2, 0.25) is 0 Å². The third kappa shape index (κ3) is 4.25. The molecule has 5 nitrogen and oxygen atoms in total. The summed E-state index contributed by atoms with van der Waals surface area (Å²) in [6.07, 6.45) is 0. The van der Waals surface area contributed by atoms with E-state index in [9.17, 15) is 9.59 Å². The molecule has 4 rings (SSSR count). The first-order chi connectivity index (χ1) is 15.4. The van der Waals surface area contributed by atoms with Crippen LogP contribution in [0.1, 0.15) is 22.3 Å². The molecule has 2 amide bonds. The number of methoxy groups -OCH3 is 1. The Morgan fingerprint density at radius 1 is 0.906 bits per heavy atom. The zero-order valence-corrected chi connectivity index (χ0v) is 18.9. The normalized spacial score (nSPS) is 13.7. The second-order valence-corrected chi connectivity index (χ2v) is 8.18. The Morgan fingerprint density at radius 3 is 2.25 bits per heavy atom. The second-order valence-electron chi connectivity index (χ2n) is 7.74. The van der Waals surface area contributed by atoms with E-state index in [2.05, 4.69) is 5.32 Å². The molecule has 162 valence electrons. The topological polar surface area (TPSA) is 58.6 Å². The lowest BCUT2D eigenvalue weighted by molar-refractivity contribution is -0.137. The average molecular weight is 447 g/mol. The van der Waals surface area contributed by atoms with Gasteiger partial charge in [0.05, 0.1) is 19.2 Å². The molecule has 1 N–H and O–H groups in total. The maximum absolute atomic E-state index is 13.4. The van der Waals surface area contributed by atoms with Crippen molar-refractivity contribution in [2.75, 3.05) is 12.4 Å². The van der Waals surface area contributed by atoms with Gasteiger partial charge in [0.15, 0.2) is 0 Å². The van der Waals surface area contributed by atoms with Crippen LogP contribution in [0.2, 0.25) is 5.02 Å². The quantitative estimate of drug-likeness (QED) is 0.518. The van der Waals surface area contributed by atoms with Crippen molar-refractivity contribution in [1.29, 1.82) is 0 Å². The van der Waals surface area contributed by atoms with Crippen molar-refractivity contribution in [2.45, 2.75) is 20.4 Å². The SMILES string of the molecule is COc1ccc(CN2C(=O)C(Nc3cc(Cl)ccc3C)=C(c3ccc(C)cc3)C2=O)cc1. The van der Waals surface area contributed by atoms with Crippen molar-refractivity contribution in [1.82, 2.24) is 4.90 Å². The Kier molecular flexibility index (Phi) is 6.01. The molecular weight excluding hydrogens is 424 g/mol. The van der Waals surface area contributed by atoms with E-state index >= 15 is 0 Å². The number of imide groups is 1. The van der Waals surface area contributed by atoms with Gasteiger partial charge in [-0.2, -0.15) is 0 Å². The first kappa shape index (κ1) is 21.7. The zero-order chi connectivity index (χ0) is 22.8. The molecule has 0 unspecified atom stereocenters. The summed E-state index contributed by atoms with van der Waals surface area (Å²) in [7, 11) is 1.59. The average Bonchev–Trinajstić information content (AvgIpc) is 3.01. The highest BCUT2D eigenvalue weighted by atomic mass is 35.5. The number of nitrogens with one attached hydrogen (secondary N) is 1. The minimum Gasteiger partial charge on any atom is -0.497 e. The van der Waals surface area contributed by atoms with Gasteiger partial charge in [-0.05, 0) is 54.8 Å². The minimum atomic E-state index is -0.374. The summed E-state index contributed by atoms with van der Waals surface area (Å²) >= 11 is 6.17. The molecule has 1 heterocycles. The summed E-state index contributed by atoms with van der Waals surface area (Å²) in [5.74, 6) is 0.00250. The summed E-state index contributed by atoms with van der Waals surface area (Å²) < 4.78 is 5.19. The molecule has 1 aliphatic rings. The fourth-order valence-corrected chi connectivity index (χ4v) is 3.77. The number of hydrogen-bond acceptors (Lipinski definition) is 4. The van der Waals surface area contributed by atoms with Crippen molar-refractivity contribution < 1.29 is 14.3 Å². The van der Waals surface area contributed by atoms with Crippen LogP contribution < -0.4 is 10.1 Å². The Hall–Kier alpha value is -3.57. The van der Waals surface area contributed by atoms with Crippen LogP contribution in [-0.4, -0.2) is 23.8 Å². The Morgan fingerprint density at radius 2 is 1.59 bits per heavy atom. The molecule has 32 heavy (non-hydrogen) atoms. The number of hydrogen-bond donors (Lipinski definition) is 1. The monoisotopic (exact) mass is 446 g/mol. The maximum atomic E-state index is 13.4. The van der Waals surface area contributed by atoms with Crippen LogP contribution in [0.4, 0.5) is 5.69 Å². The van der Waals surface area contributed by atoms with E-state index < -0.39 is 0 Å². The molecule has 0 aliphatic carbocycles. The van der Waals surface area contributed by atoms with Gasteiger partial charge in [-0.1, -0.05) is 59.6 Å². The number of carbonyl (C=O) groups is 2. The van der Waals surface area contributed by atoms with E-state index in [-0.39, 0.29) is 24.1 Å². The number of carbonyl (C=O) groups excluding carboxylic acids is 2. The summed E-state index contributed by atoms with van der Waals surface area (Å²) in [6, 6.07) is 20.3. The maximum Gasteiger partial charge on any atom is 0.278 e. The van der Waals surface area contributed by atoms with E-state index in [1.807, 2.05) is 68.4 Å². The standard InChI is InChI=1S/C26H23ClN2O3/c1-16-4-9-19(10-5-16)23-24(28-22-14-20(27)11-6-17(22)2)26(31)29(25(23)30)15-18-7-12-21(32-3)13-8-18/h4-14,28H,15H2,1-3H3. The molecule has 0 fully saturated rings. The fourth-order valence-electron chi connectivity index (χ4n) is 3.60. The number of rotatable bonds is 6. The highest BCUT2D eigenvalue weighted by Crippen LogP contribution is 2.33. The predicted molar refractivity (Wildman–Crippen MR) is 126 cm³/mol. The van der Waals surface area contributed by atoms with Crippen LogP contribution in [0, 0.1) is 13.8 Å². The van der Waals surface area contributed by atoms with Crippen LogP contribution in [0.25, 0.3) is 5.57 Å². The fraction of sp³-hybridized carbons (Fsp3) is 0.154. The van der Waals surface area contributed by atoms with Gasteiger partial charge >= 0.3 is 0 Å². The van der Waals surface area contributed by atoms with E-state index in [1.165, 1.54) is 4.90 Å². The molecular formula is C26H23ClN2O3. The molecule has 6 heteroatoms. The zero-order valence-electron chi connectivity index (χ0n) is 18.1. The number of halogens is 1. The van der Waals surface area contributed by atoms with E-state index in [0.717, 1.165) is 16.7 Å². The minimum absolute atomic E-state index is 0.163. The van der Waals surface area contributed by atoms with Gasteiger partial charge in [-0.3, -0.25) is 14.5 Å². The molecule has 0 saturated carbocycles. The first-order valence-electron chi connectivity index (χ1n) is 10.2. The van der Waals surface area contributed by atoms with E-state index in [0.29, 0.717) is 27.6 Å². The molecule has 1 aliphatic heterocycles. The number of aryl methyl sites for hydroxylation is 2. The van der Waals surface area contributed by atoms with Crippen LogP contribution in [-0.2, 0) is 16.1 Å². The number of ether oxygens (including phenoxy) is 1. The molecule has 0 spiro atoms. The van der Waals surface area contributed by atoms with Crippen molar-refractivity contribution >= 4 is 34.7 Å². The lowest BCUT2D eigenvalue weighted by atomic mass is 10.0. The third-order valence-corrected chi connectivity index (χ3v) is 5.70. The van der Waals surface area contributed by atoms with Gasteiger partial charge < -0.3 is 10.1 Å². The van der Waals surface area contributed by atoms with Gasteiger partial charge in [0.25, 0.3) is 11.8 Å². The second kappa shape index (κ2) is 8.89. The summed E-state index contributed by atoms with van der Waals surface area (Å²) in [6.45, 7) is 4.06. The third-order valence-electron chi connectivity index (χ3n) is 5.47. The summed E-state index contributed by atoms with van der Waals surface area (Å²) in [5.41, 5.74) is 4.79. The lowest BCUT2D eigenvalue weighted by Crippen LogP contribution is -2.32. The number of benzene rings is 3. The van der Waals surface area contributed by atoms with Gasteiger partial charge in [0, 0.05) is 10.7 Å². The lowest BCUT2D eigenvalue weighted by Gasteiger charge is -2.16. The highest BCUT2D eigenvalue weighted by Gasteiger charge is 2.39. The van der Waals surface area contributed by atoms with Crippen molar-refractivity contribution in [3.05, 3.63) is 99.7 Å². The molecule has 3 aromatic rings. The number of amides is 2. The Balaban J connectivity index is 1.73. The summed E-state index contributed by atoms with van der Waals surface area (Å²) in [4.78, 5) is 28.1. The predicted octanol–water partition coefficient (Wildman–Crippen LogP) is 5.36. The van der Waals surface area contributed by atoms with Crippen molar-refractivity contribution in [2.24, 2.45) is 0 Å². The first-order valence-corrected chi connectivity index (χ1v) is 10.6. The smallest absolute Gasteiger partial charge is 0.278 e. The number of nitrogens with zero attached hydrogens (tertiary/aromatic N) is 1. The van der Waals surface area contributed by atoms with Gasteiger partial charge in [0.1, 0.15) is 11.4 Å². The molecule has 0 radical (unpaired) electrons. The van der Waals surface area contributed by atoms with Crippen molar-refractivity contribution in [3.8, 4) is 5.75 Å². The van der Waals surface area contributed by atoms with Crippen LogP contribution in [0.15, 0.2) is 72.4 Å². The Bertz CT molecular complexity index is 1210.